The van der Waals surface area contributed by atoms with Crippen molar-refractivity contribution in [1.29, 1.82) is 0 Å². The van der Waals surface area contributed by atoms with Crippen LogP contribution in [0.5, 0.6) is 5.75 Å². The summed E-state index contributed by atoms with van der Waals surface area (Å²) in [5, 5.41) is 2.88. The Balaban J connectivity index is 1.66. The molecule has 3 heterocycles. The zero-order valence-corrected chi connectivity index (χ0v) is 13.1. The van der Waals surface area contributed by atoms with Crippen molar-refractivity contribution in [2.75, 3.05) is 6.54 Å². The second kappa shape index (κ2) is 5.65. The minimum atomic E-state index is -0.0320. The number of aryl methyl sites for hydroxylation is 1. The predicted molar refractivity (Wildman–Crippen MR) is 85.7 cm³/mol. The number of hydrogen-bond acceptors (Lipinski definition) is 4. The maximum absolute atomic E-state index is 12.0. The minimum Gasteiger partial charge on any atom is -0.489 e. The van der Waals surface area contributed by atoms with Crippen LogP contribution in [-0.4, -0.2) is 28.5 Å². The van der Waals surface area contributed by atoms with E-state index in [1.807, 2.05) is 25.1 Å². The van der Waals surface area contributed by atoms with E-state index < -0.39 is 0 Å². The van der Waals surface area contributed by atoms with E-state index in [0.29, 0.717) is 24.6 Å². The number of ether oxygens (including phenoxy) is 1. The van der Waals surface area contributed by atoms with E-state index in [-0.39, 0.29) is 5.91 Å². The van der Waals surface area contributed by atoms with Gasteiger partial charge in [0, 0.05) is 31.3 Å². The van der Waals surface area contributed by atoms with Crippen molar-refractivity contribution in [3.63, 3.8) is 0 Å². The molecular formula is C18H19N3O2. The highest BCUT2D eigenvalue weighted by atomic mass is 16.5. The molecule has 1 saturated carbocycles. The highest BCUT2D eigenvalue weighted by molar-refractivity contribution is 5.96. The van der Waals surface area contributed by atoms with Crippen LogP contribution < -0.4 is 10.1 Å². The third-order valence-electron chi connectivity index (χ3n) is 4.31. The average molecular weight is 309 g/mol. The number of hydrogen-bond donors (Lipinski definition) is 1. The molecule has 1 amide bonds. The maximum Gasteiger partial charge on any atom is 0.253 e. The first-order chi connectivity index (χ1) is 11.2. The van der Waals surface area contributed by atoms with Gasteiger partial charge in [-0.25, -0.2) is 0 Å². The molecule has 0 radical (unpaired) electrons. The van der Waals surface area contributed by atoms with Crippen LogP contribution in [0, 0.1) is 6.92 Å². The van der Waals surface area contributed by atoms with Crippen molar-refractivity contribution >= 4 is 5.91 Å². The molecule has 2 aliphatic rings. The summed E-state index contributed by atoms with van der Waals surface area (Å²) in [6.45, 7) is 2.66. The lowest BCUT2D eigenvalue weighted by Gasteiger charge is -2.18. The summed E-state index contributed by atoms with van der Waals surface area (Å²) < 4.78 is 5.94. The Morgan fingerprint density at radius 1 is 1.39 bits per heavy atom. The van der Waals surface area contributed by atoms with Crippen molar-refractivity contribution in [1.82, 2.24) is 15.3 Å². The van der Waals surface area contributed by atoms with Crippen molar-refractivity contribution in [2.45, 2.75) is 38.7 Å². The fraction of sp³-hybridized carbons (Fsp3) is 0.389. The lowest BCUT2D eigenvalue weighted by molar-refractivity contribution is 0.0945. The van der Waals surface area contributed by atoms with Gasteiger partial charge >= 0.3 is 0 Å². The van der Waals surface area contributed by atoms with Gasteiger partial charge in [-0.1, -0.05) is 0 Å². The van der Waals surface area contributed by atoms with Crippen LogP contribution in [-0.2, 0) is 12.8 Å². The molecule has 0 bridgehead atoms. The molecule has 1 aliphatic carbocycles. The van der Waals surface area contributed by atoms with E-state index >= 15 is 0 Å². The average Bonchev–Trinajstić information content (AvgIpc) is 3.35. The number of aromatic nitrogens is 2. The summed E-state index contributed by atoms with van der Waals surface area (Å²) in [7, 11) is 0. The molecule has 0 unspecified atom stereocenters. The Morgan fingerprint density at radius 3 is 3.09 bits per heavy atom. The quantitative estimate of drug-likeness (QED) is 0.940. The first-order valence-electron chi connectivity index (χ1n) is 8.09. The highest BCUT2D eigenvalue weighted by Gasteiger charge is 2.25. The van der Waals surface area contributed by atoms with Crippen LogP contribution in [0.15, 0.2) is 24.4 Å². The monoisotopic (exact) mass is 309 g/mol. The normalized spacial score (nSPS) is 16.7. The first-order valence-corrected chi connectivity index (χ1v) is 8.09. The molecule has 0 atom stereocenters. The molecule has 1 N–H and O–H groups in total. The summed E-state index contributed by atoms with van der Waals surface area (Å²) in [5.41, 5.74) is 4.48. The molecule has 2 aromatic rings. The Labute approximate surface area is 135 Å². The van der Waals surface area contributed by atoms with Crippen molar-refractivity contribution < 1.29 is 9.53 Å². The topological polar surface area (TPSA) is 64.1 Å². The van der Waals surface area contributed by atoms with Gasteiger partial charge in [-0.2, -0.15) is 0 Å². The van der Waals surface area contributed by atoms with E-state index in [4.69, 9.17) is 4.74 Å². The Hall–Kier alpha value is -2.43. The van der Waals surface area contributed by atoms with Crippen LogP contribution in [0.3, 0.4) is 0 Å². The molecule has 5 heteroatoms. The molecule has 0 aromatic carbocycles. The zero-order chi connectivity index (χ0) is 15.8. The second-order valence-corrected chi connectivity index (χ2v) is 6.18. The van der Waals surface area contributed by atoms with Gasteiger partial charge in [-0.15, -0.1) is 0 Å². The third kappa shape index (κ3) is 2.91. The molecular weight excluding hydrogens is 290 g/mol. The highest BCUT2D eigenvalue weighted by Crippen LogP contribution is 2.29. The lowest BCUT2D eigenvalue weighted by atomic mass is 9.99. The molecule has 4 rings (SSSR count). The molecule has 118 valence electrons. The molecule has 0 spiro atoms. The van der Waals surface area contributed by atoms with Gasteiger partial charge in [-0.3, -0.25) is 14.8 Å². The van der Waals surface area contributed by atoms with Crippen molar-refractivity contribution in [3.05, 3.63) is 52.6 Å². The van der Waals surface area contributed by atoms with Crippen LogP contribution >= 0.6 is 0 Å². The van der Waals surface area contributed by atoms with Crippen LogP contribution in [0.2, 0.25) is 0 Å². The van der Waals surface area contributed by atoms with Gasteiger partial charge in [0.25, 0.3) is 5.91 Å². The maximum atomic E-state index is 12.0. The number of carbonyl (C=O) groups excluding carboxylic acids is 1. The fourth-order valence-electron chi connectivity index (χ4n) is 2.86. The van der Waals surface area contributed by atoms with Crippen molar-refractivity contribution in [3.8, 4) is 5.75 Å². The minimum absolute atomic E-state index is 0.0320. The van der Waals surface area contributed by atoms with E-state index in [2.05, 4.69) is 15.3 Å². The smallest absolute Gasteiger partial charge is 0.253 e. The van der Waals surface area contributed by atoms with E-state index in [1.54, 1.807) is 6.20 Å². The number of pyridine rings is 2. The fourth-order valence-corrected chi connectivity index (χ4v) is 2.86. The number of carbonyl (C=O) groups is 1. The largest absolute Gasteiger partial charge is 0.489 e. The molecule has 5 nitrogen and oxygen atoms in total. The second-order valence-electron chi connectivity index (χ2n) is 6.18. The van der Waals surface area contributed by atoms with Crippen LogP contribution in [0.4, 0.5) is 0 Å². The Bertz CT molecular complexity index is 769. The van der Waals surface area contributed by atoms with Gasteiger partial charge in [0.1, 0.15) is 5.75 Å². The Kier molecular flexibility index (Phi) is 3.48. The number of rotatable bonds is 4. The van der Waals surface area contributed by atoms with E-state index in [0.717, 1.165) is 47.7 Å². The standard InChI is InChI=1S/C18H19N3O2/c1-11-12(9-14-15(21-11)6-8-20-18(14)22)10-16-17(3-2-7-19-16)23-13-4-5-13/h2-3,7,9,13H,4-6,8,10H2,1H3,(H,20,22). The molecule has 0 saturated heterocycles. The molecule has 1 aliphatic heterocycles. The summed E-state index contributed by atoms with van der Waals surface area (Å²) in [4.78, 5) is 21.1. The zero-order valence-electron chi connectivity index (χ0n) is 13.1. The SMILES string of the molecule is Cc1nc2c(cc1Cc1ncccc1OC1CC1)C(=O)NCC2. The number of fused-ring (bicyclic) bond motifs is 1. The molecule has 1 fully saturated rings. The number of nitrogens with one attached hydrogen (secondary N) is 1. The summed E-state index contributed by atoms with van der Waals surface area (Å²) in [6, 6.07) is 5.82. The third-order valence-corrected chi connectivity index (χ3v) is 4.31. The summed E-state index contributed by atoms with van der Waals surface area (Å²) in [5.74, 6) is 0.812. The molecule has 23 heavy (non-hydrogen) atoms. The lowest BCUT2D eigenvalue weighted by Crippen LogP contribution is -2.32. The predicted octanol–water partition coefficient (Wildman–Crippen LogP) is 2.20. The summed E-state index contributed by atoms with van der Waals surface area (Å²) in [6.07, 6.45) is 5.78. The van der Waals surface area contributed by atoms with Crippen molar-refractivity contribution in [2.24, 2.45) is 0 Å². The molecule has 2 aromatic heterocycles. The number of nitrogens with zero attached hydrogens (tertiary/aromatic N) is 2. The van der Waals surface area contributed by atoms with E-state index in [1.165, 1.54) is 0 Å². The first kappa shape index (κ1) is 14.2. The van der Waals surface area contributed by atoms with Crippen LogP contribution in [0.25, 0.3) is 0 Å². The Morgan fingerprint density at radius 2 is 2.26 bits per heavy atom. The van der Waals surface area contributed by atoms with E-state index in [9.17, 15) is 4.79 Å². The van der Waals surface area contributed by atoms with Gasteiger partial charge in [0.05, 0.1) is 23.1 Å². The number of amides is 1. The van der Waals surface area contributed by atoms with Crippen LogP contribution in [0.1, 0.15) is 45.8 Å². The van der Waals surface area contributed by atoms with Gasteiger partial charge in [0.2, 0.25) is 0 Å². The van der Waals surface area contributed by atoms with Gasteiger partial charge in [-0.05, 0) is 43.5 Å². The van der Waals surface area contributed by atoms with Gasteiger partial charge in [0.15, 0.2) is 0 Å². The summed E-state index contributed by atoms with van der Waals surface area (Å²) >= 11 is 0. The van der Waals surface area contributed by atoms with Gasteiger partial charge < -0.3 is 10.1 Å².